The van der Waals surface area contributed by atoms with E-state index in [1.54, 1.807) is 31.3 Å². The molecule has 6 rings (SSSR count). The molecular formula is C25H18N6O5. The molecule has 0 saturated heterocycles. The number of aromatic nitrogens is 6. The van der Waals surface area contributed by atoms with Crippen LogP contribution in [0.5, 0.6) is 17.4 Å². The fraction of sp³-hybridized carbons (Fsp3) is 0.0800. The Morgan fingerprint density at radius 1 is 1.11 bits per heavy atom. The number of aryl methyl sites for hydroxylation is 1. The number of nitrogens with zero attached hydrogens (tertiary/aromatic N) is 5. The summed E-state index contributed by atoms with van der Waals surface area (Å²) in [5, 5.41) is 14.0. The topological polar surface area (TPSA) is 145 Å². The average molecular weight is 482 g/mol. The predicted octanol–water partition coefficient (Wildman–Crippen LogP) is 4.28. The number of fused-ring (bicyclic) bond motifs is 1. The van der Waals surface area contributed by atoms with Crippen LogP contribution in [0.1, 0.15) is 11.5 Å². The highest BCUT2D eigenvalue weighted by Gasteiger charge is 2.16. The van der Waals surface area contributed by atoms with Crippen LogP contribution in [0, 0.1) is 6.92 Å². The third-order valence-electron chi connectivity index (χ3n) is 5.53. The maximum Gasteiger partial charge on any atom is 0.422 e. The summed E-state index contributed by atoms with van der Waals surface area (Å²) in [5.41, 5.74) is 3.45. The molecule has 36 heavy (non-hydrogen) atoms. The number of aromatic amines is 1. The standard InChI is InChI=1S/C25H18N6O5/c1-14-27-23(30-36-14)15-5-7-17(8-6-15)35-21-11-20-19(28-24(29-20)18-4-2-3-9-26-18)10-16(21)12-31-22(32)13-34-25(31)33/h2-11,13,32H,12H2,1H3,(H,28,29). The van der Waals surface area contributed by atoms with Gasteiger partial charge in [-0.3, -0.25) is 4.98 Å². The second-order valence-electron chi connectivity index (χ2n) is 7.99. The van der Waals surface area contributed by atoms with E-state index in [1.165, 1.54) is 0 Å². The van der Waals surface area contributed by atoms with E-state index in [1.807, 2.05) is 36.4 Å². The molecule has 0 amide bonds. The molecule has 0 radical (unpaired) electrons. The van der Waals surface area contributed by atoms with Crippen LogP contribution in [0.3, 0.4) is 0 Å². The first-order valence-electron chi connectivity index (χ1n) is 10.9. The van der Waals surface area contributed by atoms with Crippen molar-refractivity contribution in [2.45, 2.75) is 13.5 Å². The molecule has 0 saturated carbocycles. The van der Waals surface area contributed by atoms with Crippen molar-refractivity contribution in [2.75, 3.05) is 0 Å². The molecule has 0 spiro atoms. The SMILES string of the molecule is Cc1nc(-c2ccc(Oc3cc4nc(-c5ccccn5)[nH]c4cc3Cn3c(O)coc3=O)cc2)no1. The Morgan fingerprint density at radius 3 is 2.67 bits per heavy atom. The van der Waals surface area contributed by atoms with Gasteiger partial charge in [-0.25, -0.2) is 14.3 Å². The molecule has 0 bridgehead atoms. The molecule has 11 heteroatoms. The maximum absolute atomic E-state index is 12.1. The number of oxazole rings is 1. The van der Waals surface area contributed by atoms with Crippen LogP contribution < -0.4 is 10.5 Å². The highest BCUT2D eigenvalue weighted by Crippen LogP contribution is 2.32. The van der Waals surface area contributed by atoms with E-state index in [-0.39, 0.29) is 12.4 Å². The monoisotopic (exact) mass is 482 g/mol. The van der Waals surface area contributed by atoms with Crippen molar-refractivity contribution in [1.82, 2.24) is 29.7 Å². The number of hydrogen-bond donors (Lipinski definition) is 2. The first-order chi connectivity index (χ1) is 17.5. The number of ether oxygens (including phenoxy) is 1. The molecule has 4 heterocycles. The number of H-pyrrole nitrogens is 1. The minimum atomic E-state index is -0.683. The smallest absolute Gasteiger partial charge is 0.422 e. The number of rotatable bonds is 6. The fourth-order valence-electron chi connectivity index (χ4n) is 3.78. The summed E-state index contributed by atoms with van der Waals surface area (Å²) in [7, 11) is 0. The highest BCUT2D eigenvalue weighted by molar-refractivity contribution is 5.81. The van der Waals surface area contributed by atoms with E-state index in [2.05, 4.69) is 25.1 Å². The van der Waals surface area contributed by atoms with Gasteiger partial charge in [-0.1, -0.05) is 11.2 Å². The van der Waals surface area contributed by atoms with E-state index in [4.69, 9.17) is 13.7 Å². The van der Waals surface area contributed by atoms with Crippen LogP contribution in [-0.4, -0.2) is 34.8 Å². The summed E-state index contributed by atoms with van der Waals surface area (Å²) in [6.07, 6.45) is 2.69. The lowest BCUT2D eigenvalue weighted by Gasteiger charge is -2.12. The van der Waals surface area contributed by atoms with Crippen molar-refractivity contribution in [2.24, 2.45) is 0 Å². The number of benzene rings is 2. The van der Waals surface area contributed by atoms with E-state index in [9.17, 15) is 9.90 Å². The molecule has 0 unspecified atom stereocenters. The van der Waals surface area contributed by atoms with Crippen molar-refractivity contribution in [3.05, 3.63) is 89.1 Å². The van der Waals surface area contributed by atoms with E-state index in [0.29, 0.717) is 45.8 Å². The van der Waals surface area contributed by atoms with Crippen LogP contribution in [0.25, 0.3) is 33.9 Å². The lowest BCUT2D eigenvalue weighted by atomic mass is 10.1. The lowest BCUT2D eigenvalue weighted by molar-refractivity contribution is 0.394. The summed E-state index contributed by atoms with van der Waals surface area (Å²) in [4.78, 5) is 28.6. The summed E-state index contributed by atoms with van der Waals surface area (Å²) in [6, 6.07) is 16.3. The van der Waals surface area contributed by atoms with Gasteiger partial charge in [0.05, 0.1) is 17.6 Å². The summed E-state index contributed by atoms with van der Waals surface area (Å²) in [5.74, 6) is 1.58. The van der Waals surface area contributed by atoms with Gasteiger partial charge in [0.2, 0.25) is 17.6 Å². The highest BCUT2D eigenvalue weighted by atomic mass is 16.5. The zero-order chi connectivity index (χ0) is 24.6. The first kappa shape index (κ1) is 21.4. The molecule has 0 fully saturated rings. The Hall–Kier alpha value is -5.19. The Bertz CT molecular complexity index is 1730. The molecule has 0 aliphatic carbocycles. The molecule has 2 aromatic carbocycles. The van der Waals surface area contributed by atoms with Gasteiger partial charge >= 0.3 is 5.76 Å². The Morgan fingerprint density at radius 2 is 1.97 bits per heavy atom. The number of nitrogens with one attached hydrogen (secondary N) is 1. The van der Waals surface area contributed by atoms with Gasteiger partial charge in [-0.15, -0.1) is 0 Å². The lowest BCUT2D eigenvalue weighted by Crippen LogP contribution is -2.15. The van der Waals surface area contributed by atoms with Gasteiger partial charge in [0.25, 0.3) is 0 Å². The van der Waals surface area contributed by atoms with Gasteiger partial charge in [0, 0.05) is 30.3 Å². The van der Waals surface area contributed by atoms with Gasteiger partial charge in [0.15, 0.2) is 12.1 Å². The molecule has 0 aliphatic heterocycles. The predicted molar refractivity (Wildman–Crippen MR) is 128 cm³/mol. The minimum absolute atomic E-state index is 0.0185. The zero-order valence-corrected chi connectivity index (χ0v) is 18.9. The molecule has 2 N–H and O–H groups in total. The molecular weight excluding hydrogens is 464 g/mol. The van der Waals surface area contributed by atoms with Crippen molar-refractivity contribution in [1.29, 1.82) is 0 Å². The van der Waals surface area contributed by atoms with Gasteiger partial charge in [-0.05, 0) is 42.5 Å². The van der Waals surface area contributed by atoms with Gasteiger partial charge in [-0.2, -0.15) is 4.98 Å². The number of hydrogen-bond acceptors (Lipinski definition) is 9. The van der Waals surface area contributed by atoms with Gasteiger partial charge < -0.3 is 23.8 Å². The number of aromatic hydroxyl groups is 1. The fourth-order valence-corrected chi connectivity index (χ4v) is 3.78. The van der Waals surface area contributed by atoms with Crippen molar-refractivity contribution >= 4 is 11.0 Å². The number of imidazole rings is 1. The van der Waals surface area contributed by atoms with Crippen LogP contribution in [0.4, 0.5) is 0 Å². The molecule has 4 aromatic heterocycles. The molecule has 0 aliphatic rings. The quantitative estimate of drug-likeness (QED) is 0.355. The van der Waals surface area contributed by atoms with E-state index < -0.39 is 5.76 Å². The second-order valence-corrected chi connectivity index (χ2v) is 7.99. The average Bonchev–Trinajstić information content (AvgIpc) is 3.60. The summed E-state index contributed by atoms with van der Waals surface area (Å²) >= 11 is 0. The van der Waals surface area contributed by atoms with Crippen LogP contribution in [0.2, 0.25) is 0 Å². The van der Waals surface area contributed by atoms with Crippen molar-refractivity contribution in [3.63, 3.8) is 0 Å². The third-order valence-corrected chi connectivity index (χ3v) is 5.53. The summed E-state index contributed by atoms with van der Waals surface area (Å²) < 4.78 is 17.1. The third kappa shape index (κ3) is 3.98. The van der Waals surface area contributed by atoms with E-state index in [0.717, 1.165) is 21.9 Å². The first-order valence-corrected chi connectivity index (χ1v) is 10.9. The molecule has 6 aromatic rings. The Balaban J connectivity index is 1.39. The van der Waals surface area contributed by atoms with Crippen LogP contribution in [0.15, 0.2) is 80.8 Å². The zero-order valence-electron chi connectivity index (χ0n) is 18.9. The molecule has 178 valence electrons. The normalized spacial score (nSPS) is 11.2. The Labute approximate surface area is 202 Å². The van der Waals surface area contributed by atoms with Gasteiger partial charge in [0.1, 0.15) is 17.2 Å². The van der Waals surface area contributed by atoms with Crippen molar-refractivity contribution in [3.8, 4) is 40.3 Å². The van der Waals surface area contributed by atoms with Crippen molar-refractivity contribution < 1.29 is 18.8 Å². The maximum atomic E-state index is 12.1. The van der Waals surface area contributed by atoms with E-state index >= 15 is 0 Å². The van der Waals surface area contributed by atoms with Crippen LogP contribution >= 0.6 is 0 Å². The summed E-state index contributed by atoms with van der Waals surface area (Å²) in [6.45, 7) is 1.74. The largest absolute Gasteiger partial charge is 0.492 e. The Kier molecular flexibility index (Phi) is 5.07. The molecule has 11 nitrogen and oxygen atoms in total. The van der Waals surface area contributed by atoms with Crippen LogP contribution in [-0.2, 0) is 6.54 Å². The minimum Gasteiger partial charge on any atom is -0.492 e. The molecule has 0 atom stereocenters. The number of pyridine rings is 1. The second kappa shape index (κ2) is 8.55.